The Kier molecular flexibility index (Phi) is 65.9. The lowest BCUT2D eigenvalue weighted by Gasteiger charge is -2.21. The second-order valence-corrected chi connectivity index (χ2v) is 32.9. The van der Waals surface area contributed by atoms with Gasteiger partial charge in [-0.25, -0.2) is 9.13 Å². The molecule has 3 unspecified atom stereocenters. The normalized spacial score (nSPS) is 14.1. The highest BCUT2D eigenvalue weighted by Gasteiger charge is 2.30. The maximum atomic E-state index is 13.1. The molecule has 0 saturated carbocycles. The minimum Gasteiger partial charge on any atom is -0.462 e. The third kappa shape index (κ3) is 72.2. The van der Waals surface area contributed by atoms with Crippen LogP contribution in [0.3, 0.4) is 0 Å². The van der Waals surface area contributed by atoms with E-state index in [0.717, 1.165) is 114 Å². The molecule has 97 heavy (non-hydrogen) atoms. The Hall–Kier alpha value is -1.94. The number of rotatable bonds is 75. The number of aliphatic hydroxyl groups is 1. The third-order valence-electron chi connectivity index (χ3n) is 18.1. The molecule has 0 saturated heterocycles. The number of aliphatic hydroxyl groups excluding tert-OH is 1. The molecule has 0 aromatic carbocycles. The van der Waals surface area contributed by atoms with Crippen LogP contribution in [0.1, 0.15) is 396 Å². The molecule has 17 nitrogen and oxygen atoms in total. The molecule has 0 aromatic heterocycles. The fourth-order valence-electron chi connectivity index (χ4n) is 11.9. The molecule has 0 spiro atoms. The van der Waals surface area contributed by atoms with Crippen molar-refractivity contribution in [1.29, 1.82) is 0 Å². The number of phosphoric acid groups is 2. The summed E-state index contributed by atoms with van der Waals surface area (Å²) in [6.07, 6.45) is 52.9. The zero-order valence-corrected chi connectivity index (χ0v) is 65.5. The van der Waals surface area contributed by atoms with Gasteiger partial charge in [-0.05, 0) is 49.4 Å². The lowest BCUT2D eigenvalue weighted by Crippen LogP contribution is -2.30. The molecule has 0 aliphatic carbocycles. The first kappa shape index (κ1) is 95.1. The van der Waals surface area contributed by atoms with Crippen molar-refractivity contribution in [3.05, 3.63) is 0 Å². The first-order valence-electron chi connectivity index (χ1n) is 40.2. The first-order valence-corrected chi connectivity index (χ1v) is 43.2. The summed E-state index contributed by atoms with van der Waals surface area (Å²) in [7, 11) is -9.92. The molecule has 0 fully saturated rings. The van der Waals surface area contributed by atoms with E-state index in [0.29, 0.717) is 31.6 Å². The van der Waals surface area contributed by atoms with Crippen molar-refractivity contribution >= 4 is 39.5 Å². The number of hydrogen-bond acceptors (Lipinski definition) is 15. The fraction of sp³-hybridized carbons (Fsp3) is 0.949. The van der Waals surface area contributed by atoms with Crippen molar-refractivity contribution in [2.75, 3.05) is 39.6 Å². The zero-order chi connectivity index (χ0) is 71.7. The van der Waals surface area contributed by atoms with E-state index in [1.165, 1.54) is 193 Å². The predicted octanol–water partition coefficient (Wildman–Crippen LogP) is 22.8. The number of phosphoric ester groups is 2. The molecule has 3 N–H and O–H groups in total. The molecule has 576 valence electrons. The topological polar surface area (TPSA) is 237 Å². The second kappa shape index (κ2) is 67.2. The van der Waals surface area contributed by atoms with Crippen LogP contribution in [0, 0.1) is 23.7 Å². The highest BCUT2D eigenvalue weighted by Crippen LogP contribution is 2.45. The van der Waals surface area contributed by atoms with E-state index in [1.54, 1.807) is 0 Å². The largest absolute Gasteiger partial charge is 0.472 e. The molecule has 0 aliphatic heterocycles. The minimum absolute atomic E-state index is 0.106. The van der Waals surface area contributed by atoms with Crippen molar-refractivity contribution in [2.45, 2.75) is 414 Å². The number of hydrogen-bond donors (Lipinski definition) is 3. The summed E-state index contributed by atoms with van der Waals surface area (Å²) >= 11 is 0. The van der Waals surface area contributed by atoms with Crippen molar-refractivity contribution in [1.82, 2.24) is 0 Å². The SMILES string of the molecule is CC(C)CCCCCCCCCCCCCCCCCC(=O)O[C@H](COC(=O)CCCCCCCCCCC(C)C)COP(=O)(O)OCC(O)COP(=O)(O)OC[C@@H](COC(=O)CCCCCCCCCC(C)C)OC(=O)CCCCCCCCCCCCCCCCCC(C)C. The molecule has 0 bridgehead atoms. The summed E-state index contributed by atoms with van der Waals surface area (Å²) in [6, 6.07) is 0. The van der Waals surface area contributed by atoms with Gasteiger partial charge in [0.1, 0.15) is 19.3 Å². The van der Waals surface area contributed by atoms with Gasteiger partial charge in [0.05, 0.1) is 26.4 Å². The van der Waals surface area contributed by atoms with Gasteiger partial charge in [0.15, 0.2) is 12.2 Å². The Balaban J connectivity index is 5.21. The number of esters is 4. The van der Waals surface area contributed by atoms with Crippen molar-refractivity contribution in [3.8, 4) is 0 Å². The summed E-state index contributed by atoms with van der Waals surface area (Å²) in [5.41, 5.74) is 0. The average Bonchev–Trinajstić information content (AvgIpc) is 1.16. The molecule has 0 radical (unpaired) electrons. The standard InChI is InChI=1S/C78H152O17P2/c1-68(2)54-46-38-30-23-19-15-11-9-13-17-21-25-35-44-52-60-77(82)94-73(64-88-75(80)58-50-42-34-28-27-32-40-48-56-70(5)6)66-92-96(84,85)90-62-72(79)63-91-97(86,87)93-67-74(65-89-76(81)59-51-43-37-29-33-41-49-57-71(7)8)95-78(83)61-53-45-36-26-22-18-14-10-12-16-20-24-31-39-47-55-69(3)4/h68-74,79H,9-67H2,1-8H3,(H,84,85)(H,86,87)/t72?,73-,74-/m1/s1. The van der Waals surface area contributed by atoms with Crippen LogP contribution in [0.5, 0.6) is 0 Å². The monoisotopic (exact) mass is 1420 g/mol. The van der Waals surface area contributed by atoms with E-state index in [1.807, 2.05) is 0 Å². The molecular formula is C78H152O17P2. The predicted molar refractivity (Wildman–Crippen MR) is 395 cm³/mol. The lowest BCUT2D eigenvalue weighted by molar-refractivity contribution is -0.161. The van der Waals surface area contributed by atoms with Crippen LogP contribution in [0.25, 0.3) is 0 Å². The molecule has 5 atom stereocenters. The summed E-state index contributed by atoms with van der Waals surface area (Å²) in [4.78, 5) is 72.9. The van der Waals surface area contributed by atoms with Crippen LogP contribution in [-0.4, -0.2) is 96.7 Å². The molecule has 19 heteroatoms. The van der Waals surface area contributed by atoms with Crippen LogP contribution in [0.2, 0.25) is 0 Å². The lowest BCUT2D eigenvalue weighted by atomic mass is 10.0. The van der Waals surface area contributed by atoms with Gasteiger partial charge in [-0.2, -0.15) is 0 Å². The van der Waals surface area contributed by atoms with Gasteiger partial charge in [-0.15, -0.1) is 0 Å². The summed E-state index contributed by atoms with van der Waals surface area (Å²) < 4.78 is 68.6. The van der Waals surface area contributed by atoms with Gasteiger partial charge in [0.25, 0.3) is 0 Å². The van der Waals surface area contributed by atoms with Crippen LogP contribution in [0.15, 0.2) is 0 Å². The van der Waals surface area contributed by atoms with E-state index < -0.39 is 97.5 Å². The third-order valence-corrected chi connectivity index (χ3v) is 20.0. The first-order chi connectivity index (χ1) is 46.6. The van der Waals surface area contributed by atoms with Crippen molar-refractivity contribution < 1.29 is 80.2 Å². The van der Waals surface area contributed by atoms with Gasteiger partial charge in [0.2, 0.25) is 0 Å². The summed E-state index contributed by atoms with van der Waals surface area (Å²) in [6.45, 7) is 14.2. The van der Waals surface area contributed by atoms with E-state index in [2.05, 4.69) is 55.4 Å². The summed E-state index contributed by atoms with van der Waals surface area (Å²) in [5.74, 6) is 0.917. The number of carbonyl (C=O) groups is 4. The van der Waals surface area contributed by atoms with E-state index in [-0.39, 0.29) is 25.7 Å². The fourth-order valence-corrected chi connectivity index (χ4v) is 13.5. The smallest absolute Gasteiger partial charge is 0.462 e. The minimum atomic E-state index is -4.96. The van der Waals surface area contributed by atoms with Crippen LogP contribution in [-0.2, 0) is 65.4 Å². The Labute approximate surface area is 594 Å². The number of unbranched alkanes of at least 4 members (excludes halogenated alkanes) is 41. The number of ether oxygens (including phenoxy) is 4. The highest BCUT2D eigenvalue weighted by atomic mass is 31.2. The maximum Gasteiger partial charge on any atom is 0.472 e. The molecule has 0 heterocycles. The van der Waals surface area contributed by atoms with Crippen molar-refractivity contribution in [3.63, 3.8) is 0 Å². The number of carbonyl (C=O) groups excluding carboxylic acids is 4. The highest BCUT2D eigenvalue weighted by molar-refractivity contribution is 7.47. The molecular weight excluding hydrogens is 1270 g/mol. The maximum absolute atomic E-state index is 13.1. The van der Waals surface area contributed by atoms with Crippen LogP contribution >= 0.6 is 15.6 Å². The van der Waals surface area contributed by atoms with Gasteiger partial charge in [0, 0.05) is 25.7 Å². The van der Waals surface area contributed by atoms with Crippen LogP contribution in [0.4, 0.5) is 0 Å². The quantitative estimate of drug-likeness (QED) is 0.0222. The van der Waals surface area contributed by atoms with E-state index >= 15 is 0 Å². The Bertz CT molecular complexity index is 1900. The van der Waals surface area contributed by atoms with E-state index in [9.17, 15) is 43.2 Å². The van der Waals surface area contributed by atoms with Gasteiger partial charge in [-0.1, -0.05) is 344 Å². The van der Waals surface area contributed by atoms with E-state index in [4.69, 9.17) is 37.0 Å². The molecule has 0 rings (SSSR count). The Morgan fingerprint density at radius 2 is 0.433 bits per heavy atom. The molecule has 0 aliphatic rings. The van der Waals surface area contributed by atoms with Gasteiger partial charge in [-0.3, -0.25) is 37.3 Å². The van der Waals surface area contributed by atoms with Gasteiger partial charge < -0.3 is 33.8 Å². The average molecular weight is 1420 g/mol. The van der Waals surface area contributed by atoms with Crippen LogP contribution < -0.4 is 0 Å². The molecule has 0 amide bonds. The Morgan fingerprint density at radius 3 is 0.639 bits per heavy atom. The van der Waals surface area contributed by atoms with Crippen molar-refractivity contribution in [2.24, 2.45) is 23.7 Å². The van der Waals surface area contributed by atoms with Gasteiger partial charge >= 0.3 is 39.5 Å². The summed E-state index contributed by atoms with van der Waals surface area (Å²) in [5, 5.41) is 10.6. The second-order valence-electron chi connectivity index (χ2n) is 30.0. The molecule has 0 aromatic rings. The Morgan fingerprint density at radius 1 is 0.258 bits per heavy atom. The zero-order valence-electron chi connectivity index (χ0n) is 63.7.